The second kappa shape index (κ2) is 5.79. The number of hydrogen-bond acceptors (Lipinski definition) is 3. The number of amidine groups is 1. The Bertz CT molecular complexity index is 361. The summed E-state index contributed by atoms with van der Waals surface area (Å²) in [6.45, 7) is 3.53. The Morgan fingerprint density at radius 3 is 2.41 bits per heavy atom. The van der Waals surface area contributed by atoms with Crippen molar-refractivity contribution in [2.75, 3.05) is 6.54 Å². The topological polar surface area (TPSA) is 99.3 Å². The Hall–Kier alpha value is -0.660. The van der Waals surface area contributed by atoms with Gasteiger partial charge in [0, 0.05) is 12.1 Å². The molecule has 7 heteroatoms. The third-order valence-corrected chi connectivity index (χ3v) is 4.57. The van der Waals surface area contributed by atoms with Gasteiger partial charge in [-0.15, -0.1) is 0 Å². The predicted octanol–water partition coefficient (Wildman–Crippen LogP) is 0.410. The zero-order chi connectivity index (χ0) is 13.1. The average molecular weight is 262 g/mol. The van der Waals surface area contributed by atoms with Crippen molar-refractivity contribution < 1.29 is 8.42 Å². The summed E-state index contributed by atoms with van der Waals surface area (Å²) in [7, 11) is -3.54. The van der Waals surface area contributed by atoms with Crippen molar-refractivity contribution in [3.05, 3.63) is 0 Å². The van der Waals surface area contributed by atoms with Crippen LogP contribution in [0.15, 0.2) is 0 Å². The molecule has 0 aromatic carbocycles. The van der Waals surface area contributed by atoms with Crippen LogP contribution in [0.5, 0.6) is 0 Å². The summed E-state index contributed by atoms with van der Waals surface area (Å²) < 4.78 is 28.1. The van der Waals surface area contributed by atoms with Gasteiger partial charge in [-0.05, 0) is 26.7 Å². The van der Waals surface area contributed by atoms with E-state index in [0.717, 1.165) is 25.7 Å². The lowest BCUT2D eigenvalue weighted by atomic mass is 10.2. The van der Waals surface area contributed by atoms with E-state index in [1.54, 1.807) is 13.8 Å². The fraction of sp³-hybridized carbons (Fsp3) is 0.900. The third kappa shape index (κ3) is 4.25. The van der Waals surface area contributed by atoms with Gasteiger partial charge < -0.3 is 5.73 Å². The number of nitrogens with one attached hydrogen (secondary N) is 2. The SMILES string of the molecule is CC(C)NS(=O)(=O)N(CC(=N)N)C1CCCC1. The molecule has 1 aliphatic rings. The molecule has 0 bridgehead atoms. The Kier molecular flexibility index (Phi) is 4.91. The van der Waals surface area contributed by atoms with E-state index in [-0.39, 0.29) is 24.5 Å². The molecule has 0 atom stereocenters. The molecule has 0 aliphatic heterocycles. The molecule has 17 heavy (non-hydrogen) atoms. The first kappa shape index (κ1) is 14.4. The van der Waals surface area contributed by atoms with Crippen LogP contribution < -0.4 is 10.5 Å². The number of nitrogens with zero attached hydrogens (tertiary/aromatic N) is 1. The van der Waals surface area contributed by atoms with Crippen LogP contribution in [0.3, 0.4) is 0 Å². The first-order valence-corrected chi connectivity index (χ1v) is 7.39. The largest absolute Gasteiger partial charge is 0.387 e. The van der Waals surface area contributed by atoms with Gasteiger partial charge in [0.05, 0.1) is 6.54 Å². The maximum Gasteiger partial charge on any atom is 0.280 e. The van der Waals surface area contributed by atoms with Crippen molar-refractivity contribution in [1.82, 2.24) is 9.03 Å². The minimum atomic E-state index is -3.54. The molecule has 1 fully saturated rings. The maximum atomic E-state index is 12.1. The van der Waals surface area contributed by atoms with Crippen LogP contribution in [0.4, 0.5) is 0 Å². The molecule has 1 saturated carbocycles. The normalized spacial score (nSPS) is 18.1. The van der Waals surface area contributed by atoms with E-state index < -0.39 is 10.2 Å². The van der Waals surface area contributed by atoms with E-state index in [9.17, 15) is 8.42 Å². The van der Waals surface area contributed by atoms with E-state index in [2.05, 4.69) is 4.72 Å². The first-order chi connectivity index (χ1) is 7.83. The van der Waals surface area contributed by atoms with Crippen molar-refractivity contribution in [1.29, 1.82) is 5.41 Å². The summed E-state index contributed by atoms with van der Waals surface area (Å²) in [4.78, 5) is 0. The van der Waals surface area contributed by atoms with Gasteiger partial charge in [0.1, 0.15) is 5.84 Å². The van der Waals surface area contributed by atoms with Crippen LogP contribution >= 0.6 is 0 Å². The molecule has 0 heterocycles. The molecule has 0 aromatic heterocycles. The summed E-state index contributed by atoms with van der Waals surface area (Å²) in [6.07, 6.45) is 3.78. The molecule has 4 N–H and O–H groups in total. The highest BCUT2D eigenvalue weighted by atomic mass is 32.2. The minimum Gasteiger partial charge on any atom is -0.387 e. The van der Waals surface area contributed by atoms with Crippen LogP contribution in [0, 0.1) is 5.41 Å². The molecule has 1 rings (SSSR count). The highest BCUT2D eigenvalue weighted by Crippen LogP contribution is 2.25. The average Bonchev–Trinajstić information content (AvgIpc) is 2.63. The highest BCUT2D eigenvalue weighted by molar-refractivity contribution is 7.87. The summed E-state index contributed by atoms with van der Waals surface area (Å²) in [5.74, 6) is -0.119. The number of rotatable bonds is 6. The molecule has 6 nitrogen and oxygen atoms in total. The highest BCUT2D eigenvalue weighted by Gasteiger charge is 2.32. The van der Waals surface area contributed by atoms with Crippen LogP contribution in [-0.2, 0) is 10.2 Å². The van der Waals surface area contributed by atoms with Crippen LogP contribution in [0.2, 0.25) is 0 Å². The Morgan fingerprint density at radius 2 is 2.00 bits per heavy atom. The second-order valence-electron chi connectivity index (χ2n) is 4.79. The number of nitrogens with two attached hydrogens (primary N) is 1. The molecule has 0 radical (unpaired) electrons. The van der Waals surface area contributed by atoms with Crippen LogP contribution in [0.25, 0.3) is 0 Å². The smallest absolute Gasteiger partial charge is 0.280 e. The summed E-state index contributed by atoms with van der Waals surface area (Å²) in [5.41, 5.74) is 5.34. The van der Waals surface area contributed by atoms with Gasteiger partial charge in [-0.1, -0.05) is 12.8 Å². The Labute approximate surface area is 103 Å². The Balaban J connectivity index is 2.84. The van der Waals surface area contributed by atoms with Crippen molar-refractivity contribution >= 4 is 16.0 Å². The van der Waals surface area contributed by atoms with Gasteiger partial charge in [-0.25, -0.2) is 0 Å². The summed E-state index contributed by atoms with van der Waals surface area (Å²) in [5, 5.41) is 7.30. The first-order valence-electron chi connectivity index (χ1n) is 5.95. The van der Waals surface area contributed by atoms with Crippen LogP contribution in [-0.4, -0.2) is 37.2 Å². The predicted molar refractivity (Wildman–Crippen MR) is 68.1 cm³/mol. The minimum absolute atomic E-state index is 0.0184. The van der Waals surface area contributed by atoms with E-state index in [0.29, 0.717) is 0 Å². The van der Waals surface area contributed by atoms with Gasteiger partial charge in [-0.2, -0.15) is 17.4 Å². The Morgan fingerprint density at radius 1 is 1.47 bits per heavy atom. The van der Waals surface area contributed by atoms with E-state index in [1.165, 1.54) is 4.31 Å². The van der Waals surface area contributed by atoms with E-state index in [4.69, 9.17) is 11.1 Å². The number of hydrogen-bond donors (Lipinski definition) is 3. The van der Waals surface area contributed by atoms with Crippen molar-refractivity contribution in [3.8, 4) is 0 Å². The van der Waals surface area contributed by atoms with Crippen molar-refractivity contribution in [2.24, 2.45) is 5.73 Å². The van der Waals surface area contributed by atoms with Gasteiger partial charge in [0.25, 0.3) is 10.2 Å². The fourth-order valence-corrected chi connectivity index (χ4v) is 3.78. The lowest BCUT2D eigenvalue weighted by molar-refractivity contribution is 0.345. The van der Waals surface area contributed by atoms with Gasteiger partial charge in [0.15, 0.2) is 0 Å². The monoisotopic (exact) mass is 262 g/mol. The fourth-order valence-electron chi connectivity index (χ4n) is 2.14. The summed E-state index contributed by atoms with van der Waals surface area (Å²) >= 11 is 0. The standard InChI is InChI=1S/C10H22N4O2S/c1-8(2)13-17(15,16)14(7-10(11)12)9-5-3-4-6-9/h8-9,13H,3-7H2,1-2H3,(H3,11,12). The molecule has 0 spiro atoms. The van der Waals surface area contributed by atoms with Crippen molar-refractivity contribution in [3.63, 3.8) is 0 Å². The summed E-state index contributed by atoms with van der Waals surface area (Å²) in [6, 6.07) is -0.175. The molecule has 0 amide bonds. The zero-order valence-corrected chi connectivity index (χ0v) is 11.3. The third-order valence-electron chi connectivity index (χ3n) is 2.75. The lowest BCUT2D eigenvalue weighted by Gasteiger charge is -2.28. The van der Waals surface area contributed by atoms with Gasteiger partial charge in [-0.3, -0.25) is 5.41 Å². The van der Waals surface area contributed by atoms with E-state index >= 15 is 0 Å². The maximum absolute atomic E-state index is 12.1. The van der Waals surface area contributed by atoms with Crippen LogP contribution in [0.1, 0.15) is 39.5 Å². The van der Waals surface area contributed by atoms with Gasteiger partial charge in [0.2, 0.25) is 0 Å². The molecule has 0 unspecified atom stereocenters. The molecule has 0 saturated heterocycles. The molecule has 100 valence electrons. The molecular weight excluding hydrogens is 240 g/mol. The van der Waals surface area contributed by atoms with E-state index in [1.807, 2.05) is 0 Å². The molecule has 1 aliphatic carbocycles. The quantitative estimate of drug-likeness (QED) is 0.477. The van der Waals surface area contributed by atoms with Gasteiger partial charge >= 0.3 is 0 Å². The molecular formula is C10H22N4O2S. The molecule has 0 aromatic rings. The van der Waals surface area contributed by atoms with Crippen molar-refractivity contribution in [2.45, 2.75) is 51.6 Å². The second-order valence-corrected chi connectivity index (χ2v) is 6.44. The zero-order valence-electron chi connectivity index (χ0n) is 10.4. The lowest BCUT2D eigenvalue weighted by Crippen LogP contribution is -2.50.